The van der Waals surface area contributed by atoms with Crippen LogP contribution in [0.4, 0.5) is 0 Å². The molecule has 0 aliphatic heterocycles. The van der Waals surface area contributed by atoms with Gasteiger partial charge in [-0.15, -0.1) is 0 Å². The van der Waals surface area contributed by atoms with E-state index in [1.54, 1.807) is 51.1 Å². The summed E-state index contributed by atoms with van der Waals surface area (Å²) in [4.78, 5) is 12.5. The van der Waals surface area contributed by atoms with Gasteiger partial charge in [0.15, 0.2) is 0 Å². The average molecular weight is 475 g/mol. The van der Waals surface area contributed by atoms with E-state index in [0.717, 1.165) is 11.8 Å². The number of carbonyl (C=O) groups is 1. The summed E-state index contributed by atoms with van der Waals surface area (Å²) in [5, 5.41) is 18.1. The Labute approximate surface area is 172 Å². The van der Waals surface area contributed by atoms with Gasteiger partial charge in [-0.05, 0) is 61.0 Å². The van der Waals surface area contributed by atoms with Crippen LogP contribution < -0.4 is 0 Å². The van der Waals surface area contributed by atoms with Crippen LogP contribution >= 0.6 is 39.3 Å². The highest BCUT2D eigenvalue weighted by molar-refractivity contribution is 9.10. The summed E-state index contributed by atoms with van der Waals surface area (Å²) >= 11 is 10.9. The predicted octanol–water partition coefficient (Wildman–Crippen LogP) is 5.82. The molecule has 26 heavy (non-hydrogen) atoms. The van der Waals surface area contributed by atoms with Gasteiger partial charge in [-0.2, -0.15) is 0 Å². The fourth-order valence-electron chi connectivity index (χ4n) is 2.06. The molecule has 0 aliphatic rings. The SMILES string of the molecule is CC(C)(C)S(=O)C(=N)c1ccc(Br)c(Cl)c1Sc1ccccc1C(=O)O. The molecule has 0 saturated carbocycles. The van der Waals surface area contributed by atoms with Crippen LogP contribution in [0.2, 0.25) is 5.02 Å². The van der Waals surface area contributed by atoms with Crippen LogP contribution in [-0.2, 0) is 10.8 Å². The highest BCUT2D eigenvalue weighted by atomic mass is 79.9. The van der Waals surface area contributed by atoms with Crippen LogP contribution in [-0.4, -0.2) is 25.1 Å². The van der Waals surface area contributed by atoms with Gasteiger partial charge in [0.1, 0.15) is 5.04 Å². The number of nitrogens with one attached hydrogen (secondary N) is 1. The summed E-state index contributed by atoms with van der Waals surface area (Å²) in [6.07, 6.45) is 0. The Morgan fingerprint density at radius 2 is 1.81 bits per heavy atom. The van der Waals surface area contributed by atoms with Gasteiger partial charge in [-0.1, -0.05) is 35.5 Å². The molecule has 0 saturated heterocycles. The third-order valence-corrected chi connectivity index (χ3v) is 7.67. The Balaban J connectivity index is 2.59. The van der Waals surface area contributed by atoms with Gasteiger partial charge in [0, 0.05) is 24.6 Å². The van der Waals surface area contributed by atoms with E-state index in [1.165, 1.54) is 6.07 Å². The minimum absolute atomic E-state index is 0.0396. The van der Waals surface area contributed by atoms with Crippen molar-refractivity contribution in [1.82, 2.24) is 0 Å². The third-order valence-electron chi connectivity index (χ3n) is 3.37. The first-order valence-electron chi connectivity index (χ1n) is 7.53. The molecule has 0 spiro atoms. The molecule has 2 N–H and O–H groups in total. The zero-order valence-electron chi connectivity index (χ0n) is 14.3. The number of rotatable bonds is 4. The van der Waals surface area contributed by atoms with Gasteiger partial charge >= 0.3 is 5.97 Å². The molecule has 0 amide bonds. The van der Waals surface area contributed by atoms with Crippen molar-refractivity contribution in [3.05, 3.63) is 57.0 Å². The lowest BCUT2D eigenvalue weighted by molar-refractivity contribution is 0.0693. The van der Waals surface area contributed by atoms with E-state index in [9.17, 15) is 14.1 Å². The van der Waals surface area contributed by atoms with Crippen molar-refractivity contribution in [3.63, 3.8) is 0 Å². The number of benzene rings is 2. The monoisotopic (exact) mass is 473 g/mol. The van der Waals surface area contributed by atoms with Crippen molar-refractivity contribution >= 4 is 61.1 Å². The first-order valence-corrected chi connectivity index (χ1v) is 10.7. The fraction of sp³-hybridized carbons (Fsp3) is 0.222. The molecule has 2 rings (SSSR count). The summed E-state index contributed by atoms with van der Waals surface area (Å²) in [6, 6.07) is 9.94. The van der Waals surface area contributed by atoms with Crippen LogP contribution in [0.1, 0.15) is 36.7 Å². The first kappa shape index (κ1) is 21.2. The van der Waals surface area contributed by atoms with E-state index in [4.69, 9.17) is 17.0 Å². The Hall–Kier alpha value is -1.15. The number of hydrogen-bond acceptors (Lipinski definition) is 4. The normalized spacial score (nSPS) is 12.7. The zero-order valence-corrected chi connectivity index (χ0v) is 18.3. The molecule has 0 fully saturated rings. The molecular weight excluding hydrogens is 458 g/mol. The molecule has 138 valence electrons. The third kappa shape index (κ3) is 4.57. The van der Waals surface area contributed by atoms with Crippen LogP contribution in [0, 0.1) is 5.41 Å². The topological polar surface area (TPSA) is 78.2 Å². The molecular formula is C18H17BrClNO3S2. The first-order chi connectivity index (χ1) is 12.0. The van der Waals surface area contributed by atoms with Crippen molar-refractivity contribution in [2.24, 2.45) is 0 Å². The predicted molar refractivity (Wildman–Crippen MR) is 111 cm³/mol. The Bertz CT molecular complexity index is 910. The van der Waals surface area contributed by atoms with Crippen molar-refractivity contribution in [3.8, 4) is 0 Å². The standard InChI is InChI=1S/C18H17BrClNO3S2/c1-18(2,3)26(24)16(21)11-8-9-12(19)14(20)15(11)25-13-7-5-4-6-10(13)17(22)23/h4-9,21H,1-3H3,(H,22,23). The molecule has 0 bridgehead atoms. The van der Waals surface area contributed by atoms with E-state index < -0.39 is 21.5 Å². The second-order valence-electron chi connectivity index (χ2n) is 6.35. The lowest BCUT2D eigenvalue weighted by Crippen LogP contribution is -2.28. The average Bonchev–Trinajstić information content (AvgIpc) is 2.57. The molecule has 1 unspecified atom stereocenters. The highest BCUT2D eigenvalue weighted by Crippen LogP contribution is 2.41. The minimum Gasteiger partial charge on any atom is -0.478 e. The van der Waals surface area contributed by atoms with Crippen LogP contribution in [0.25, 0.3) is 0 Å². The van der Waals surface area contributed by atoms with Gasteiger partial charge in [0.2, 0.25) is 0 Å². The van der Waals surface area contributed by atoms with Gasteiger partial charge in [0.05, 0.1) is 21.4 Å². The number of carboxylic acids is 1. The summed E-state index contributed by atoms with van der Waals surface area (Å²) in [5.41, 5.74) is 0.569. The second-order valence-corrected chi connectivity index (χ2v) is 10.8. The number of carboxylic acid groups (broad SMARTS) is 1. The lowest BCUT2D eigenvalue weighted by atomic mass is 10.2. The van der Waals surface area contributed by atoms with Crippen molar-refractivity contribution in [1.29, 1.82) is 5.41 Å². The van der Waals surface area contributed by atoms with Crippen molar-refractivity contribution in [2.45, 2.75) is 35.3 Å². The maximum absolute atomic E-state index is 12.7. The smallest absolute Gasteiger partial charge is 0.336 e. The van der Waals surface area contributed by atoms with Crippen LogP contribution in [0.3, 0.4) is 0 Å². The molecule has 1 atom stereocenters. The lowest BCUT2D eigenvalue weighted by Gasteiger charge is -2.20. The van der Waals surface area contributed by atoms with E-state index in [0.29, 0.717) is 24.8 Å². The molecule has 2 aromatic carbocycles. The summed E-state index contributed by atoms with van der Waals surface area (Å²) < 4.78 is 12.7. The van der Waals surface area contributed by atoms with Gasteiger partial charge in [0.25, 0.3) is 0 Å². The van der Waals surface area contributed by atoms with Crippen LogP contribution in [0.15, 0.2) is 50.7 Å². The number of halogens is 2. The molecule has 4 nitrogen and oxygen atoms in total. The van der Waals surface area contributed by atoms with Gasteiger partial charge in [-0.3, -0.25) is 9.62 Å². The quantitative estimate of drug-likeness (QED) is 0.432. The molecule has 8 heteroatoms. The van der Waals surface area contributed by atoms with Gasteiger partial charge in [-0.25, -0.2) is 4.79 Å². The summed E-state index contributed by atoms with van der Waals surface area (Å²) in [5.74, 6) is -1.05. The maximum atomic E-state index is 12.7. The number of aromatic carboxylic acids is 1. The molecule has 0 aromatic heterocycles. The van der Waals surface area contributed by atoms with E-state index in [-0.39, 0.29) is 10.6 Å². The maximum Gasteiger partial charge on any atom is 0.336 e. The Morgan fingerprint density at radius 1 is 1.19 bits per heavy atom. The molecule has 2 aromatic rings. The number of hydrogen-bond donors (Lipinski definition) is 2. The van der Waals surface area contributed by atoms with Crippen molar-refractivity contribution < 1.29 is 14.1 Å². The van der Waals surface area contributed by atoms with E-state index >= 15 is 0 Å². The summed E-state index contributed by atoms with van der Waals surface area (Å²) in [6.45, 7) is 5.39. The van der Waals surface area contributed by atoms with Crippen molar-refractivity contribution in [2.75, 3.05) is 0 Å². The molecule has 0 heterocycles. The Kier molecular flexibility index (Phi) is 6.71. The largest absolute Gasteiger partial charge is 0.478 e. The minimum atomic E-state index is -1.55. The van der Waals surface area contributed by atoms with E-state index in [1.807, 2.05) is 0 Å². The van der Waals surface area contributed by atoms with Gasteiger partial charge < -0.3 is 5.11 Å². The fourth-order valence-corrected chi connectivity index (χ4v) is 4.96. The zero-order chi connectivity index (χ0) is 19.6. The Morgan fingerprint density at radius 3 is 2.38 bits per heavy atom. The highest BCUT2D eigenvalue weighted by Gasteiger charge is 2.27. The second kappa shape index (κ2) is 8.25. The summed E-state index contributed by atoms with van der Waals surface area (Å²) in [7, 11) is -1.55. The molecule has 0 aliphatic carbocycles. The van der Waals surface area contributed by atoms with Crippen LogP contribution in [0.5, 0.6) is 0 Å². The molecule has 0 radical (unpaired) electrons. The van der Waals surface area contributed by atoms with E-state index in [2.05, 4.69) is 15.9 Å².